The fourth-order valence-electron chi connectivity index (χ4n) is 3.53. The van der Waals surface area contributed by atoms with Gasteiger partial charge in [0.2, 0.25) is 5.91 Å². The third kappa shape index (κ3) is 4.82. The van der Waals surface area contributed by atoms with Gasteiger partial charge in [-0.25, -0.2) is 9.59 Å². The third-order valence-electron chi connectivity index (χ3n) is 5.05. The van der Waals surface area contributed by atoms with Gasteiger partial charge in [-0.1, -0.05) is 24.3 Å². The second kappa shape index (κ2) is 7.45. The van der Waals surface area contributed by atoms with Crippen molar-refractivity contribution < 1.29 is 24.2 Å². The molecular weight excluding hydrogens is 360 g/mol. The van der Waals surface area contributed by atoms with Crippen LogP contribution in [-0.2, 0) is 27.2 Å². The maximum Gasteiger partial charge on any atom is 0.410 e. The van der Waals surface area contributed by atoms with Crippen molar-refractivity contribution in [3.63, 3.8) is 0 Å². The van der Waals surface area contributed by atoms with Crippen molar-refractivity contribution in [1.29, 1.82) is 0 Å². The van der Waals surface area contributed by atoms with E-state index in [0.717, 1.165) is 24.0 Å². The maximum atomic E-state index is 12.7. The number of aliphatic carboxylic acids is 1. The van der Waals surface area contributed by atoms with Gasteiger partial charge in [-0.3, -0.25) is 9.69 Å². The van der Waals surface area contributed by atoms with E-state index in [1.165, 1.54) is 4.90 Å². The average Bonchev–Trinajstić information content (AvgIpc) is 3.30. The van der Waals surface area contributed by atoms with Crippen molar-refractivity contribution in [2.75, 3.05) is 13.1 Å². The normalized spacial score (nSPS) is 17.5. The van der Waals surface area contributed by atoms with E-state index in [4.69, 9.17) is 4.74 Å². The lowest BCUT2D eigenvalue weighted by atomic mass is 9.95. The summed E-state index contributed by atoms with van der Waals surface area (Å²) >= 11 is 0. The second-order valence-electron chi connectivity index (χ2n) is 8.86. The van der Waals surface area contributed by atoms with Crippen molar-refractivity contribution in [3.05, 3.63) is 35.4 Å². The Bertz CT molecular complexity index is 754. The molecule has 2 N–H and O–H groups in total. The first-order valence-electron chi connectivity index (χ1n) is 9.67. The molecule has 0 saturated heterocycles. The van der Waals surface area contributed by atoms with E-state index in [0.29, 0.717) is 12.5 Å². The van der Waals surface area contributed by atoms with Crippen LogP contribution >= 0.6 is 0 Å². The highest BCUT2D eigenvalue weighted by atomic mass is 16.6. The zero-order chi connectivity index (χ0) is 20.5. The third-order valence-corrected chi connectivity index (χ3v) is 5.05. The number of hydrogen-bond donors (Lipinski definition) is 2. The molecule has 1 fully saturated rings. The van der Waals surface area contributed by atoms with Crippen LogP contribution < -0.4 is 5.32 Å². The molecule has 0 aromatic heterocycles. The maximum absolute atomic E-state index is 12.7. The van der Waals surface area contributed by atoms with Gasteiger partial charge in [0.25, 0.3) is 0 Å². The van der Waals surface area contributed by atoms with Crippen molar-refractivity contribution in [1.82, 2.24) is 10.2 Å². The molecule has 0 spiro atoms. The Labute approximate surface area is 165 Å². The fourth-order valence-corrected chi connectivity index (χ4v) is 3.53. The van der Waals surface area contributed by atoms with Gasteiger partial charge in [0.05, 0.1) is 0 Å². The number of benzene rings is 1. The Hall–Kier alpha value is -2.57. The van der Waals surface area contributed by atoms with Crippen LogP contribution in [0.1, 0.15) is 44.7 Å². The average molecular weight is 388 g/mol. The molecule has 1 saturated carbocycles. The number of ether oxygens (including phenoxy) is 1. The molecule has 152 valence electrons. The molecule has 0 atom stereocenters. The highest BCUT2D eigenvalue weighted by Crippen LogP contribution is 2.31. The molecule has 1 aromatic rings. The predicted molar refractivity (Wildman–Crippen MR) is 103 cm³/mol. The fraction of sp³-hybridized carbons (Fsp3) is 0.571. The minimum absolute atomic E-state index is 0.212. The number of carboxylic acids is 1. The summed E-state index contributed by atoms with van der Waals surface area (Å²) in [5.41, 5.74) is -0.190. The molecule has 0 unspecified atom stereocenters. The van der Waals surface area contributed by atoms with Crippen molar-refractivity contribution in [2.24, 2.45) is 5.92 Å². The van der Waals surface area contributed by atoms with Gasteiger partial charge in [-0.2, -0.15) is 0 Å². The zero-order valence-electron chi connectivity index (χ0n) is 16.7. The van der Waals surface area contributed by atoms with Gasteiger partial charge >= 0.3 is 12.1 Å². The smallest absolute Gasteiger partial charge is 0.410 e. The van der Waals surface area contributed by atoms with E-state index >= 15 is 0 Å². The van der Waals surface area contributed by atoms with Crippen molar-refractivity contribution >= 4 is 18.0 Å². The number of carbonyl (C=O) groups excluding carboxylic acids is 2. The molecule has 3 rings (SSSR count). The number of carboxylic acid groups (broad SMARTS) is 1. The Morgan fingerprint density at radius 1 is 1.18 bits per heavy atom. The highest BCUT2D eigenvalue weighted by Gasteiger charge is 2.45. The van der Waals surface area contributed by atoms with Crippen LogP contribution in [0.15, 0.2) is 24.3 Å². The summed E-state index contributed by atoms with van der Waals surface area (Å²) in [4.78, 5) is 38.6. The van der Waals surface area contributed by atoms with E-state index in [1.54, 1.807) is 20.8 Å². The standard InChI is InChI=1S/C21H28N2O5/c1-20(2,3)28-19(27)23(12-14-8-9-14)13-17(24)22-21(18(25)26)10-15-6-4-5-7-16(15)11-21/h4-7,14H,8-13H2,1-3H3,(H,22,24)(H,25,26). The SMILES string of the molecule is CC(C)(C)OC(=O)N(CC(=O)NC1(C(=O)O)Cc2ccccc2C1)CC1CC1. The molecule has 2 amide bonds. The topological polar surface area (TPSA) is 95.9 Å². The minimum Gasteiger partial charge on any atom is -0.479 e. The number of hydrogen-bond acceptors (Lipinski definition) is 4. The summed E-state index contributed by atoms with van der Waals surface area (Å²) in [6.45, 7) is 5.56. The van der Waals surface area contributed by atoms with Crippen LogP contribution in [-0.4, -0.2) is 52.2 Å². The summed E-state index contributed by atoms with van der Waals surface area (Å²) in [6.07, 6.45) is 1.97. The second-order valence-corrected chi connectivity index (χ2v) is 8.86. The molecule has 7 heteroatoms. The van der Waals surface area contributed by atoms with E-state index in [2.05, 4.69) is 5.32 Å². The summed E-state index contributed by atoms with van der Waals surface area (Å²) in [7, 11) is 0. The first-order valence-corrected chi connectivity index (χ1v) is 9.67. The quantitative estimate of drug-likeness (QED) is 0.780. The summed E-state index contributed by atoms with van der Waals surface area (Å²) in [6, 6.07) is 7.48. The summed E-state index contributed by atoms with van der Waals surface area (Å²) in [5, 5.41) is 12.5. The monoisotopic (exact) mass is 388 g/mol. The van der Waals surface area contributed by atoms with E-state index in [1.807, 2.05) is 24.3 Å². The van der Waals surface area contributed by atoms with Crippen molar-refractivity contribution in [3.8, 4) is 0 Å². The molecule has 1 aromatic carbocycles. The molecule has 28 heavy (non-hydrogen) atoms. The molecule has 0 radical (unpaired) electrons. The van der Waals surface area contributed by atoms with Gasteiger partial charge < -0.3 is 15.2 Å². The summed E-state index contributed by atoms with van der Waals surface area (Å²) < 4.78 is 5.41. The lowest BCUT2D eigenvalue weighted by Crippen LogP contribution is -2.58. The lowest BCUT2D eigenvalue weighted by molar-refractivity contribution is -0.147. The van der Waals surface area contributed by atoms with Gasteiger partial charge in [-0.05, 0) is 50.7 Å². The Kier molecular flexibility index (Phi) is 5.37. The largest absolute Gasteiger partial charge is 0.479 e. The van der Waals surface area contributed by atoms with E-state index < -0.39 is 29.1 Å². The molecule has 2 aliphatic rings. The predicted octanol–water partition coefficient (Wildman–Crippen LogP) is 2.37. The first-order chi connectivity index (χ1) is 13.1. The van der Waals surface area contributed by atoms with Crippen LogP contribution in [0.25, 0.3) is 0 Å². The highest BCUT2D eigenvalue weighted by molar-refractivity contribution is 5.90. The van der Waals surface area contributed by atoms with Gasteiger partial charge in [0.1, 0.15) is 17.7 Å². The van der Waals surface area contributed by atoms with Crippen LogP contribution in [0.3, 0.4) is 0 Å². The Balaban J connectivity index is 1.69. The zero-order valence-corrected chi connectivity index (χ0v) is 16.7. The van der Waals surface area contributed by atoms with Crippen LogP contribution in [0.4, 0.5) is 4.79 Å². The van der Waals surface area contributed by atoms with E-state index in [-0.39, 0.29) is 19.4 Å². The molecular formula is C21H28N2O5. The number of nitrogens with one attached hydrogen (secondary N) is 1. The molecule has 0 bridgehead atoms. The van der Waals surface area contributed by atoms with Crippen LogP contribution in [0.2, 0.25) is 0 Å². The number of nitrogens with zero attached hydrogens (tertiary/aromatic N) is 1. The minimum atomic E-state index is -1.38. The number of fused-ring (bicyclic) bond motifs is 1. The molecule has 0 aliphatic heterocycles. The Morgan fingerprint density at radius 3 is 2.21 bits per heavy atom. The number of carbonyl (C=O) groups is 3. The van der Waals surface area contributed by atoms with Gasteiger partial charge in [0.15, 0.2) is 0 Å². The Morgan fingerprint density at radius 2 is 1.75 bits per heavy atom. The summed E-state index contributed by atoms with van der Waals surface area (Å²) in [5.74, 6) is -1.17. The number of rotatable bonds is 6. The molecule has 2 aliphatic carbocycles. The number of amides is 2. The van der Waals surface area contributed by atoms with E-state index in [9.17, 15) is 19.5 Å². The van der Waals surface area contributed by atoms with Crippen LogP contribution in [0.5, 0.6) is 0 Å². The lowest BCUT2D eigenvalue weighted by Gasteiger charge is -2.29. The van der Waals surface area contributed by atoms with Crippen molar-refractivity contribution in [2.45, 2.75) is 57.6 Å². The first kappa shape index (κ1) is 20.2. The van der Waals surface area contributed by atoms with Gasteiger partial charge in [-0.15, -0.1) is 0 Å². The molecule has 7 nitrogen and oxygen atoms in total. The van der Waals surface area contributed by atoms with Crippen LogP contribution in [0, 0.1) is 5.92 Å². The molecule has 0 heterocycles. The van der Waals surface area contributed by atoms with Gasteiger partial charge in [0, 0.05) is 19.4 Å².